The molecule has 0 aromatic heterocycles. The molecule has 2 rings (SSSR count). The summed E-state index contributed by atoms with van der Waals surface area (Å²) in [6.45, 7) is 0.552. The van der Waals surface area contributed by atoms with Crippen LogP contribution in [-0.4, -0.2) is 17.8 Å². The maximum absolute atomic E-state index is 11.6. The molecule has 1 aliphatic heterocycles. The first-order valence-electron chi connectivity index (χ1n) is 5.11. The highest BCUT2D eigenvalue weighted by Gasteiger charge is 2.28. The number of nitriles is 1. The molecule has 1 amide bonds. The molecule has 1 aromatic rings. The van der Waals surface area contributed by atoms with Crippen molar-refractivity contribution >= 4 is 23.2 Å². The van der Waals surface area contributed by atoms with Gasteiger partial charge in [-0.3, -0.25) is 4.79 Å². The van der Waals surface area contributed by atoms with Crippen molar-refractivity contribution in [2.24, 2.45) is 0 Å². The number of carbonyl (C=O) groups is 1. The maximum Gasteiger partial charge on any atom is 0.228 e. The van der Waals surface area contributed by atoms with E-state index in [4.69, 9.17) is 16.9 Å². The predicted octanol–water partition coefficient (Wildman–Crippen LogP) is 2.10. The van der Waals surface area contributed by atoms with E-state index < -0.39 is 0 Å². The molecule has 16 heavy (non-hydrogen) atoms. The van der Waals surface area contributed by atoms with E-state index in [0.29, 0.717) is 19.4 Å². The Hall–Kier alpha value is -1.53. The van der Waals surface area contributed by atoms with Crippen LogP contribution >= 0.6 is 11.6 Å². The lowest BCUT2D eigenvalue weighted by molar-refractivity contribution is -0.117. The van der Waals surface area contributed by atoms with Gasteiger partial charge in [-0.2, -0.15) is 5.26 Å². The van der Waals surface area contributed by atoms with Crippen molar-refractivity contribution < 1.29 is 4.79 Å². The Morgan fingerprint density at radius 2 is 2.38 bits per heavy atom. The summed E-state index contributed by atoms with van der Waals surface area (Å²) in [5.41, 5.74) is 1.76. The molecule has 3 nitrogen and oxygen atoms in total. The molecule has 1 unspecified atom stereocenters. The first-order valence-corrected chi connectivity index (χ1v) is 5.54. The summed E-state index contributed by atoms with van der Waals surface area (Å²) in [7, 11) is 0. The Labute approximate surface area is 99.2 Å². The molecule has 1 atom stereocenters. The molecule has 82 valence electrons. The summed E-state index contributed by atoms with van der Waals surface area (Å²) in [5, 5.41) is 8.51. The number of amides is 1. The summed E-state index contributed by atoms with van der Waals surface area (Å²) in [4.78, 5) is 13.3. The smallest absolute Gasteiger partial charge is 0.228 e. The molecule has 1 fully saturated rings. The summed E-state index contributed by atoms with van der Waals surface area (Å²) >= 11 is 5.94. The van der Waals surface area contributed by atoms with Crippen LogP contribution in [0.2, 0.25) is 0 Å². The topological polar surface area (TPSA) is 44.1 Å². The second-order valence-corrected chi connectivity index (χ2v) is 4.43. The van der Waals surface area contributed by atoms with Crippen molar-refractivity contribution in [2.45, 2.75) is 18.2 Å². The van der Waals surface area contributed by atoms with Gasteiger partial charge in [-0.05, 0) is 17.7 Å². The third kappa shape index (κ3) is 2.17. The first-order chi connectivity index (χ1) is 7.70. The molecule has 1 aromatic carbocycles. The highest BCUT2D eigenvalue weighted by molar-refractivity contribution is 6.24. The fourth-order valence-corrected chi connectivity index (χ4v) is 2.11. The Morgan fingerprint density at radius 3 is 3.00 bits per heavy atom. The van der Waals surface area contributed by atoms with Crippen molar-refractivity contribution in [1.82, 2.24) is 0 Å². The average molecular weight is 235 g/mol. The highest BCUT2D eigenvalue weighted by Crippen LogP contribution is 2.24. The van der Waals surface area contributed by atoms with Crippen LogP contribution < -0.4 is 4.90 Å². The van der Waals surface area contributed by atoms with E-state index in [1.807, 2.05) is 24.3 Å². The Balaban J connectivity index is 2.24. The third-order valence-electron chi connectivity index (χ3n) is 2.58. The van der Waals surface area contributed by atoms with E-state index >= 15 is 0 Å². The molecular weight excluding hydrogens is 224 g/mol. The van der Waals surface area contributed by atoms with Gasteiger partial charge in [0, 0.05) is 18.7 Å². The minimum Gasteiger partial charge on any atom is -0.311 e. The van der Waals surface area contributed by atoms with Crippen molar-refractivity contribution in [2.75, 3.05) is 11.4 Å². The second-order valence-electron chi connectivity index (χ2n) is 3.81. The van der Waals surface area contributed by atoms with Gasteiger partial charge < -0.3 is 4.90 Å². The number of hydrogen-bond acceptors (Lipinski definition) is 2. The average Bonchev–Trinajstić information content (AvgIpc) is 2.59. The minimum absolute atomic E-state index is 0.0501. The van der Waals surface area contributed by atoms with Crippen LogP contribution in [0, 0.1) is 11.3 Å². The molecular formula is C12H11ClN2O. The molecule has 0 radical (unpaired) electrons. The molecule has 1 saturated heterocycles. The molecule has 0 N–H and O–H groups in total. The number of carbonyl (C=O) groups excluding carboxylic acids is 1. The summed E-state index contributed by atoms with van der Waals surface area (Å²) in [6, 6.07) is 9.57. The number of hydrogen-bond donors (Lipinski definition) is 0. The minimum atomic E-state index is -0.105. The largest absolute Gasteiger partial charge is 0.311 e. The zero-order chi connectivity index (χ0) is 11.5. The molecule has 1 aliphatic rings. The van der Waals surface area contributed by atoms with Crippen LogP contribution in [0.5, 0.6) is 0 Å². The Morgan fingerprint density at radius 1 is 1.56 bits per heavy atom. The van der Waals surface area contributed by atoms with Crippen molar-refractivity contribution in [3.8, 4) is 6.07 Å². The first kappa shape index (κ1) is 11.0. The van der Waals surface area contributed by atoms with E-state index in [0.717, 1.165) is 11.3 Å². The van der Waals surface area contributed by atoms with Crippen LogP contribution in [0.3, 0.4) is 0 Å². The van der Waals surface area contributed by atoms with Crippen LogP contribution in [-0.2, 0) is 11.2 Å². The Bertz CT molecular complexity index is 453. The number of rotatable bonds is 2. The van der Waals surface area contributed by atoms with Crippen LogP contribution in [0.1, 0.15) is 12.0 Å². The van der Waals surface area contributed by atoms with Gasteiger partial charge in [0.15, 0.2) is 0 Å². The molecule has 0 spiro atoms. The molecule has 0 aliphatic carbocycles. The van der Waals surface area contributed by atoms with E-state index in [1.165, 1.54) is 0 Å². The highest BCUT2D eigenvalue weighted by atomic mass is 35.5. The zero-order valence-electron chi connectivity index (χ0n) is 8.69. The quantitative estimate of drug-likeness (QED) is 0.736. The second kappa shape index (κ2) is 4.54. The lowest BCUT2D eigenvalue weighted by atomic mass is 10.1. The summed E-state index contributed by atoms with van der Waals surface area (Å²) < 4.78 is 0. The van der Waals surface area contributed by atoms with Crippen molar-refractivity contribution in [3.05, 3.63) is 29.8 Å². The van der Waals surface area contributed by atoms with Gasteiger partial charge in [0.1, 0.15) is 0 Å². The SMILES string of the molecule is N#CCc1cccc(N2CC(Cl)CC2=O)c1. The van der Waals surface area contributed by atoms with Gasteiger partial charge >= 0.3 is 0 Å². The van der Waals surface area contributed by atoms with Gasteiger partial charge in [0.05, 0.1) is 17.9 Å². The monoisotopic (exact) mass is 234 g/mol. The number of alkyl halides is 1. The zero-order valence-corrected chi connectivity index (χ0v) is 9.44. The van der Waals surface area contributed by atoms with E-state index in [9.17, 15) is 4.79 Å². The van der Waals surface area contributed by atoms with Crippen LogP contribution in [0.25, 0.3) is 0 Å². The normalized spacial score (nSPS) is 19.9. The third-order valence-corrected chi connectivity index (χ3v) is 2.88. The van der Waals surface area contributed by atoms with Gasteiger partial charge in [-0.1, -0.05) is 12.1 Å². The van der Waals surface area contributed by atoms with E-state index in [-0.39, 0.29) is 11.3 Å². The number of halogens is 1. The van der Waals surface area contributed by atoms with Crippen LogP contribution in [0.4, 0.5) is 5.69 Å². The van der Waals surface area contributed by atoms with Gasteiger partial charge in [0.2, 0.25) is 5.91 Å². The lowest BCUT2D eigenvalue weighted by Gasteiger charge is -2.16. The lowest BCUT2D eigenvalue weighted by Crippen LogP contribution is -2.24. The standard InChI is InChI=1S/C12H11ClN2O/c13-10-7-12(16)15(8-10)11-3-1-2-9(6-11)4-5-14/h1-3,6,10H,4,7-8H2. The Kier molecular flexibility index (Phi) is 3.12. The van der Waals surface area contributed by atoms with Crippen LogP contribution in [0.15, 0.2) is 24.3 Å². The summed E-state index contributed by atoms with van der Waals surface area (Å²) in [5.74, 6) is 0.0501. The predicted molar refractivity (Wildman–Crippen MR) is 62.4 cm³/mol. The van der Waals surface area contributed by atoms with E-state index in [2.05, 4.69) is 6.07 Å². The van der Waals surface area contributed by atoms with Gasteiger partial charge in [-0.25, -0.2) is 0 Å². The molecule has 4 heteroatoms. The molecule has 1 heterocycles. The molecule has 0 bridgehead atoms. The van der Waals surface area contributed by atoms with Crippen molar-refractivity contribution in [1.29, 1.82) is 5.26 Å². The van der Waals surface area contributed by atoms with Gasteiger partial charge in [0.25, 0.3) is 0 Å². The van der Waals surface area contributed by atoms with Gasteiger partial charge in [-0.15, -0.1) is 11.6 Å². The van der Waals surface area contributed by atoms with E-state index in [1.54, 1.807) is 4.90 Å². The molecule has 0 saturated carbocycles. The summed E-state index contributed by atoms with van der Waals surface area (Å²) in [6.07, 6.45) is 0.754. The maximum atomic E-state index is 11.6. The fraction of sp³-hybridized carbons (Fsp3) is 0.333. The number of anilines is 1. The number of benzene rings is 1. The fourth-order valence-electron chi connectivity index (χ4n) is 1.84. The van der Waals surface area contributed by atoms with Crippen molar-refractivity contribution in [3.63, 3.8) is 0 Å². The number of nitrogens with zero attached hydrogens (tertiary/aromatic N) is 2.